The number of rotatable bonds is 3. The summed E-state index contributed by atoms with van der Waals surface area (Å²) in [5.74, 6) is 1.12. The third-order valence-corrected chi connectivity index (χ3v) is 4.70. The van der Waals surface area contributed by atoms with Crippen LogP contribution in [0.1, 0.15) is 5.56 Å². The lowest BCUT2D eigenvalue weighted by Crippen LogP contribution is -1.81. The molecule has 1 aromatic carbocycles. The molecule has 2 aromatic heterocycles. The Kier molecular flexibility index (Phi) is 3.50. The van der Waals surface area contributed by atoms with Crippen molar-refractivity contribution >= 4 is 28.1 Å². The second-order valence-corrected chi connectivity index (χ2v) is 6.28. The van der Waals surface area contributed by atoms with Gasteiger partial charge in [0, 0.05) is 10.5 Å². The molecule has 0 unspecified atom stereocenters. The Labute approximate surface area is 125 Å². The van der Waals surface area contributed by atoms with Gasteiger partial charge in [-0.05, 0) is 49.1 Å². The summed E-state index contributed by atoms with van der Waals surface area (Å²) in [5.41, 5.74) is 7.79. The van der Waals surface area contributed by atoms with E-state index in [9.17, 15) is 0 Å². The number of thioether (sulfide) groups is 1. The Morgan fingerprint density at radius 2 is 2.00 bits per heavy atom. The quantitative estimate of drug-likeness (QED) is 0.739. The van der Waals surface area contributed by atoms with Crippen molar-refractivity contribution in [1.82, 2.24) is 10.1 Å². The molecule has 0 radical (unpaired) electrons. The molecule has 3 rings (SSSR count). The zero-order chi connectivity index (χ0) is 14.1. The van der Waals surface area contributed by atoms with E-state index >= 15 is 0 Å². The highest BCUT2D eigenvalue weighted by molar-refractivity contribution is 7.98. The van der Waals surface area contributed by atoms with E-state index in [4.69, 9.17) is 10.3 Å². The molecule has 0 fully saturated rings. The van der Waals surface area contributed by atoms with Crippen molar-refractivity contribution < 1.29 is 4.52 Å². The van der Waals surface area contributed by atoms with Crippen LogP contribution in [-0.4, -0.2) is 16.4 Å². The van der Waals surface area contributed by atoms with Crippen LogP contribution >= 0.6 is 23.1 Å². The number of nitrogen functional groups attached to an aromatic ring is 1. The van der Waals surface area contributed by atoms with Gasteiger partial charge in [-0.15, -0.1) is 23.1 Å². The number of benzene rings is 1. The van der Waals surface area contributed by atoms with Gasteiger partial charge in [0.05, 0.1) is 9.88 Å². The van der Waals surface area contributed by atoms with Gasteiger partial charge < -0.3 is 10.3 Å². The molecule has 0 saturated heterocycles. The van der Waals surface area contributed by atoms with Crippen molar-refractivity contribution in [3.05, 3.63) is 35.9 Å². The zero-order valence-corrected chi connectivity index (χ0v) is 12.7. The average molecular weight is 303 g/mol. The van der Waals surface area contributed by atoms with E-state index < -0.39 is 0 Å². The normalized spacial score (nSPS) is 10.9. The number of anilines is 1. The minimum Gasteiger partial charge on any atom is -0.391 e. The fourth-order valence-corrected chi connectivity index (χ4v) is 3.16. The van der Waals surface area contributed by atoms with E-state index in [1.54, 1.807) is 11.8 Å². The Morgan fingerprint density at radius 1 is 1.25 bits per heavy atom. The number of aryl methyl sites for hydroxylation is 1. The van der Waals surface area contributed by atoms with E-state index in [1.807, 2.05) is 43.5 Å². The van der Waals surface area contributed by atoms with Crippen molar-refractivity contribution in [1.29, 1.82) is 0 Å². The predicted molar refractivity (Wildman–Crippen MR) is 84.0 cm³/mol. The van der Waals surface area contributed by atoms with Gasteiger partial charge >= 0.3 is 0 Å². The summed E-state index contributed by atoms with van der Waals surface area (Å²) in [7, 11) is 0. The topological polar surface area (TPSA) is 64.9 Å². The summed E-state index contributed by atoms with van der Waals surface area (Å²) in [5, 5.41) is 4.79. The molecule has 2 N–H and O–H groups in total. The highest BCUT2D eigenvalue weighted by Gasteiger charge is 2.15. The van der Waals surface area contributed by atoms with Crippen LogP contribution in [0.25, 0.3) is 22.2 Å². The lowest BCUT2D eigenvalue weighted by molar-refractivity contribution is 0.433. The molecule has 4 nitrogen and oxygen atoms in total. The van der Waals surface area contributed by atoms with Crippen LogP contribution in [0, 0.1) is 6.92 Å². The number of nitrogens with two attached hydrogens (primary N) is 1. The first-order valence-corrected chi connectivity index (χ1v) is 8.06. The maximum atomic E-state index is 5.79. The number of nitrogens with zero attached hydrogens (tertiary/aromatic N) is 2. The summed E-state index contributed by atoms with van der Waals surface area (Å²) in [6, 6.07) is 10.00. The van der Waals surface area contributed by atoms with Crippen LogP contribution in [0.5, 0.6) is 0 Å². The third-order valence-electron chi connectivity index (χ3n) is 2.91. The van der Waals surface area contributed by atoms with Gasteiger partial charge in [0.1, 0.15) is 0 Å². The van der Waals surface area contributed by atoms with Crippen molar-refractivity contribution in [2.24, 2.45) is 0 Å². The largest absolute Gasteiger partial charge is 0.391 e. The van der Waals surface area contributed by atoms with Gasteiger partial charge in [-0.1, -0.05) is 5.16 Å². The molecular formula is C14H13N3OS2. The number of hydrogen-bond acceptors (Lipinski definition) is 6. The highest BCUT2D eigenvalue weighted by atomic mass is 32.2. The zero-order valence-electron chi connectivity index (χ0n) is 11.1. The molecule has 0 spiro atoms. The van der Waals surface area contributed by atoms with Gasteiger partial charge in [-0.25, -0.2) is 0 Å². The number of aromatic nitrogens is 2. The first kappa shape index (κ1) is 13.2. The minimum atomic E-state index is 0.521. The van der Waals surface area contributed by atoms with Crippen LogP contribution in [0.2, 0.25) is 0 Å². The molecule has 3 aromatic rings. The molecule has 0 bridgehead atoms. The molecule has 0 saturated carbocycles. The lowest BCUT2D eigenvalue weighted by atomic mass is 10.2. The molecule has 0 aliphatic rings. The van der Waals surface area contributed by atoms with Crippen molar-refractivity contribution in [2.75, 3.05) is 12.0 Å². The van der Waals surface area contributed by atoms with E-state index in [-0.39, 0.29) is 0 Å². The molecule has 20 heavy (non-hydrogen) atoms. The average Bonchev–Trinajstić information content (AvgIpc) is 3.05. The van der Waals surface area contributed by atoms with Crippen LogP contribution < -0.4 is 5.73 Å². The van der Waals surface area contributed by atoms with E-state index in [0.717, 1.165) is 21.0 Å². The minimum absolute atomic E-state index is 0.521. The van der Waals surface area contributed by atoms with Crippen molar-refractivity contribution in [3.63, 3.8) is 0 Å². The van der Waals surface area contributed by atoms with Crippen LogP contribution in [0.4, 0.5) is 5.00 Å². The van der Waals surface area contributed by atoms with Crippen molar-refractivity contribution in [2.45, 2.75) is 11.8 Å². The summed E-state index contributed by atoms with van der Waals surface area (Å²) in [6.07, 6.45) is 2.05. The third kappa shape index (κ3) is 2.44. The van der Waals surface area contributed by atoms with E-state index in [2.05, 4.69) is 10.1 Å². The van der Waals surface area contributed by atoms with Crippen molar-refractivity contribution in [3.8, 4) is 22.2 Å². The molecular weight excluding hydrogens is 290 g/mol. The number of hydrogen-bond donors (Lipinski definition) is 1. The molecule has 102 valence electrons. The molecule has 6 heteroatoms. The van der Waals surface area contributed by atoms with Gasteiger partial charge in [-0.3, -0.25) is 0 Å². The second-order valence-electron chi connectivity index (χ2n) is 4.31. The van der Waals surface area contributed by atoms with Crippen LogP contribution in [-0.2, 0) is 0 Å². The Balaban J connectivity index is 1.95. The van der Waals surface area contributed by atoms with E-state index in [1.165, 1.54) is 16.2 Å². The Morgan fingerprint density at radius 3 is 2.60 bits per heavy atom. The standard InChI is InChI=1S/C14H13N3OS2/c1-8-7-11(15)20-12(8)14-16-13(17-18-14)9-3-5-10(19-2)6-4-9/h3-7H,15H2,1-2H3. The Hall–Kier alpha value is -1.79. The Bertz CT molecular complexity index is 731. The van der Waals surface area contributed by atoms with Gasteiger partial charge in [0.25, 0.3) is 5.89 Å². The smallest absolute Gasteiger partial charge is 0.268 e. The summed E-state index contributed by atoms with van der Waals surface area (Å²) >= 11 is 3.16. The maximum Gasteiger partial charge on any atom is 0.268 e. The van der Waals surface area contributed by atoms with Gasteiger partial charge in [-0.2, -0.15) is 4.98 Å². The molecule has 0 aliphatic carbocycles. The first-order chi connectivity index (χ1) is 9.67. The van der Waals surface area contributed by atoms with Gasteiger partial charge in [0.2, 0.25) is 5.82 Å². The molecule has 0 atom stereocenters. The molecule has 0 aliphatic heterocycles. The molecule has 2 heterocycles. The predicted octanol–water partition coefficient (Wildman–Crippen LogP) is 4.08. The monoisotopic (exact) mass is 303 g/mol. The maximum absolute atomic E-state index is 5.79. The van der Waals surface area contributed by atoms with Crippen LogP contribution in [0.3, 0.4) is 0 Å². The fourth-order valence-electron chi connectivity index (χ4n) is 1.89. The lowest BCUT2D eigenvalue weighted by Gasteiger charge is -1.96. The summed E-state index contributed by atoms with van der Waals surface area (Å²) in [4.78, 5) is 6.59. The second kappa shape index (κ2) is 5.30. The molecule has 0 amide bonds. The first-order valence-electron chi connectivity index (χ1n) is 6.02. The van der Waals surface area contributed by atoms with Gasteiger partial charge in [0.15, 0.2) is 0 Å². The SMILES string of the molecule is CSc1ccc(-c2noc(-c3sc(N)cc3C)n2)cc1. The summed E-state index contributed by atoms with van der Waals surface area (Å²) in [6.45, 7) is 1.99. The van der Waals surface area contributed by atoms with Crippen LogP contribution in [0.15, 0.2) is 39.8 Å². The fraction of sp³-hybridized carbons (Fsp3) is 0.143. The summed E-state index contributed by atoms with van der Waals surface area (Å²) < 4.78 is 5.34. The van der Waals surface area contributed by atoms with E-state index in [0.29, 0.717) is 11.7 Å². The highest BCUT2D eigenvalue weighted by Crippen LogP contribution is 2.33. The number of thiophene rings is 1.